The Bertz CT molecular complexity index is 502. The molecule has 1 heterocycles. The average molecular weight is 275 g/mol. The molecule has 1 aromatic rings. The van der Waals surface area contributed by atoms with Crippen LogP contribution in [0.2, 0.25) is 0 Å². The van der Waals surface area contributed by atoms with Gasteiger partial charge in [-0.2, -0.15) is 0 Å². The van der Waals surface area contributed by atoms with Crippen molar-refractivity contribution < 1.29 is 9.53 Å². The maximum absolute atomic E-state index is 13.1. The minimum Gasteiger partial charge on any atom is -0.496 e. The first-order valence-corrected chi connectivity index (χ1v) is 7.49. The summed E-state index contributed by atoms with van der Waals surface area (Å²) in [6.07, 6.45) is 3.89. The molecular formula is C17H25NO2. The first-order valence-electron chi connectivity index (χ1n) is 7.49. The van der Waals surface area contributed by atoms with Gasteiger partial charge in [0.15, 0.2) is 5.78 Å². The van der Waals surface area contributed by atoms with Crippen LogP contribution in [0, 0.1) is 13.8 Å². The summed E-state index contributed by atoms with van der Waals surface area (Å²) in [5.41, 5.74) is 2.55. The van der Waals surface area contributed by atoms with Gasteiger partial charge in [-0.3, -0.25) is 4.79 Å². The van der Waals surface area contributed by atoms with Gasteiger partial charge in [-0.1, -0.05) is 19.4 Å². The molecule has 2 rings (SSSR count). The zero-order valence-corrected chi connectivity index (χ0v) is 13.0. The lowest BCUT2D eigenvalue weighted by molar-refractivity contribution is 0.0854. The Hall–Kier alpha value is -1.35. The summed E-state index contributed by atoms with van der Waals surface area (Å²) in [5.74, 6) is 0.927. The van der Waals surface area contributed by atoms with Gasteiger partial charge in [-0.15, -0.1) is 0 Å². The number of ketones is 1. The molecule has 1 aliphatic heterocycles. The summed E-state index contributed by atoms with van der Waals surface area (Å²) in [6.45, 7) is 7.12. The van der Waals surface area contributed by atoms with E-state index in [4.69, 9.17) is 4.74 Å². The number of ether oxygens (including phenoxy) is 1. The van der Waals surface area contributed by atoms with Crippen LogP contribution < -0.4 is 10.1 Å². The van der Waals surface area contributed by atoms with Crippen LogP contribution in [0.25, 0.3) is 0 Å². The molecule has 0 radical (unpaired) electrons. The van der Waals surface area contributed by atoms with Crippen LogP contribution >= 0.6 is 0 Å². The quantitative estimate of drug-likeness (QED) is 0.837. The lowest BCUT2D eigenvalue weighted by Gasteiger charge is -2.28. The second-order valence-electron chi connectivity index (χ2n) is 5.78. The Balaban J connectivity index is 2.44. The number of carbonyl (C=O) groups excluding carboxylic acids is 1. The van der Waals surface area contributed by atoms with Gasteiger partial charge in [0.05, 0.1) is 18.2 Å². The molecule has 1 N–H and O–H groups in total. The second kappa shape index (κ2) is 5.96. The molecule has 20 heavy (non-hydrogen) atoms. The molecule has 3 nitrogen and oxygen atoms in total. The number of nitrogens with one attached hydrogen (secondary N) is 1. The third kappa shape index (κ3) is 2.47. The topological polar surface area (TPSA) is 38.3 Å². The molecule has 1 unspecified atom stereocenters. The molecule has 0 amide bonds. The summed E-state index contributed by atoms with van der Waals surface area (Å²) in [7, 11) is 1.65. The summed E-state index contributed by atoms with van der Waals surface area (Å²) in [4.78, 5) is 13.1. The van der Waals surface area contributed by atoms with Gasteiger partial charge in [0, 0.05) is 0 Å². The van der Waals surface area contributed by atoms with Crippen molar-refractivity contribution in [1.29, 1.82) is 0 Å². The molecule has 0 aliphatic carbocycles. The third-order valence-corrected chi connectivity index (χ3v) is 4.48. The van der Waals surface area contributed by atoms with E-state index < -0.39 is 0 Å². The standard InChI is InChI=1S/C17H25NO2/c1-5-9-17(10-6-11-18-17)16(19)14-8-7-12(2)13(3)15(14)20-4/h7-8,18H,5-6,9-11H2,1-4H3. The highest BCUT2D eigenvalue weighted by Crippen LogP contribution is 2.34. The maximum atomic E-state index is 13.1. The number of hydrogen-bond donors (Lipinski definition) is 1. The minimum atomic E-state index is -0.385. The van der Waals surface area contributed by atoms with Gasteiger partial charge in [-0.05, 0) is 56.8 Å². The first kappa shape index (κ1) is 15.0. The molecule has 1 atom stereocenters. The Labute approximate surface area is 121 Å². The highest BCUT2D eigenvalue weighted by molar-refractivity contribution is 6.06. The fourth-order valence-corrected chi connectivity index (χ4v) is 3.24. The van der Waals surface area contributed by atoms with E-state index in [1.165, 1.54) is 0 Å². The second-order valence-corrected chi connectivity index (χ2v) is 5.78. The number of Topliss-reactive ketones (excluding diaryl/α,β-unsaturated/α-hetero) is 1. The van der Waals surface area contributed by atoms with Gasteiger partial charge in [-0.25, -0.2) is 0 Å². The lowest BCUT2D eigenvalue weighted by atomic mass is 9.83. The molecule has 1 saturated heterocycles. The maximum Gasteiger partial charge on any atom is 0.186 e. The van der Waals surface area contributed by atoms with E-state index in [-0.39, 0.29) is 11.3 Å². The number of carbonyl (C=O) groups is 1. The van der Waals surface area contributed by atoms with E-state index in [0.717, 1.165) is 54.7 Å². The number of rotatable bonds is 5. The van der Waals surface area contributed by atoms with Crippen molar-refractivity contribution in [3.8, 4) is 5.75 Å². The van der Waals surface area contributed by atoms with Crippen molar-refractivity contribution in [2.45, 2.75) is 52.0 Å². The van der Waals surface area contributed by atoms with E-state index in [1.54, 1.807) is 7.11 Å². The largest absolute Gasteiger partial charge is 0.496 e. The minimum absolute atomic E-state index is 0.191. The predicted molar refractivity (Wildman–Crippen MR) is 81.7 cm³/mol. The number of benzene rings is 1. The van der Waals surface area contributed by atoms with Gasteiger partial charge in [0.1, 0.15) is 5.75 Å². The van der Waals surface area contributed by atoms with Gasteiger partial charge in [0.25, 0.3) is 0 Å². The third-order valence-electron chi connectivity index (χ3n) is 4.48. The number of aryl methyl sites for hydroxylation is 1. The van der Waals surface area contributed by atoms with Crippen LogP contribution in [-0.2, 0) is 0 Å². The average Bonchev–Trinajstić information content (AvgIpc) is 2.91. The van der Waals surface area contributed by atoms with E-state index in [2.05, 4.69) is 12.2 Å². The van der Waals surface area contributed by atoms with Crippen LogP contribution in [0.3, 0.4) is 0 Å². The fourth-order valence-electron chi connectivity index (χ4n) is 3.24. The normalized spacial score (nSPS) is 22.0. The van der Waals surface area contributed by atoms with Crippen LogP contribution in [0.4, 0.5) is 0 Å². The number of hydrogen-bond acceptors (Lipinski definition) is 3. The van der Waals surface area contributed by atoms with Crippen LogP contribution in [0.15, 0.2) is 12.1 Å². The molecule has 0 aromatic heterocycles. The Morgan fingerprint density at radius 2 is 2.15 bits per heavy atom. The fraction of sp³-hybridized carbons (Fsp3) is 0.588. The zero-order valence-electron chi connectivity index (χ0n) is 13.0. The molecular weight excluding hydrogens is 250 g/mol. The summed E-state index contributed by atoms with van der Waals surface area (Å²) >= 11 is 0. The molecule has 110 valence electrons. The van der Waals surface area contributed by atoms with E-state index in [9.17, 15) is 4.79 Å². The van der Waals surface area contributed by atoms with Gasteiger partial charge in [0.2, 0.25) is 0 Å². The molecule has 1 fully saturated rings. The van der Waals surface area contributed by atoms with Crippen molar-refractivity contribution in [3.63, 3.8) is 0 Å². The van der Waals surface area contributed by atoms with Gasteiger partial charge < -0.3 is 10.1 Å². The molecule has 1 aliphatic rings. The summed E-state index contributed by atoms with van der Waals surface area (Å²) in [6, 6.07) is 3.93. The Morgan fingerprint density at radius 3 is 2.70 bits per heavy atom. The predicted octanol–water partition coefficient (Wildman–Crippen LogP) is 3.42. The molecule has 0 saturated carbocycles. The molecule has 0 bridgehead atoms. The lowest BCUT2D eigenvalue weighted by Crippen LogP contribution is -2.47. The van der Waals surface area contributed by atoms with E-state index >= 15 is 0 Å². The summed E-state index contributed by atoms with van der Waals surface area (Å²) in [5, 5.41) is 3.45. The van der Waals surface area contributed by atoms with Crippen LogP contribution in [0.1, 0.15) is 54.1 Å². The first-order chi connectivity index (χ1) is 9.55. The zero-order chi connectivity index (χ0) is 14.8. The smallest absolute Gasteiger partial charge is 0.186 e. The Kier molecular flexibility index (Phi) is 4.48. The van der Waals surface area contributed by atoms with Crippen molar-refractivity contribution in [3.05, 3.63) is 28.8 Å². The summed E-state index contributed by atoms with van der Waals surface area (Å²) < 4.78 is 5.51. The van der Waals surface area contributed by atoms with Crippen LogP contribution in [-0.4, -0.2) is 25.0 Å². The molecule has 1 aromatic carbocycles. The van der Waals surface area contributed by atoms with Crippen molar-refractivity contribution >= 4 is 5.78 Å². The highest BCUT2D eigenvalue weighted by Gasteiger charge is 2.41. The van der Waals surface area contributed by atoms with E-state index in [1.807, 2.05) is 26.0 Å². The Morgan fingerprint density at radius 1 is 1.40 bits per heavy atom. The van der Waals surface area contributed by atoms with Crippen molar-refractivity contribution in [1.82, 2.24) is 5.32 Å². The van der Waals surface area contributed by atoms with Crippen molar-refractivity contribution in [2.75, 3.05) is 13.7 Å². The van der Waals surface area contributed by atoms with Gasteiger partial charge >= 0.3 is 0 Å². The van der Waals surface area contributed by atoms with E-state index in [0.29, 0.717) is 0 Å². The highest BCUT2D eigenvalue weighted by atomic mass is 16.5. The monoisotopic (exact) mass is 275 g/mol. The van der Waals surface area contributed by atoms with Crippen LogP contribution in [0.5, 0.6) is 5.75 Å². The SMILES string of the molecule is CCCC1(C(=O)c2ccc(C)c(C)c2OC)CCCN1. The molecule has 0 spiro atoms. The molecule has 3 heteroatoms. The number of methoxy groups -OCH3 is 1. The van der Waals surface area contributed by atoms with Crippen molar-refractivity contribution in [2.24, 2.45) is 0 Å².